The smallest absolute Gasteiger partial charge is 0.272 e. The van der Waals surface area contributed by atoms with Gasteiger partial charge in [0.25, 0.3) is 5.91 Å². The Morgan fingerprint density at radius 3 is 2.69 bits per heavy atom. The molecule has 2 aliphatic heterocycles. The van der Waals surface area contributed by atoms with E-state index >= 15 is 0 Å². The van der Waals surface area contributed by atoms with Crippen LogP contribution < -0.4 is 0 Å². The van der Waals surface area contributed by atoms with Crippen LogP contribution in [0.15, 0.2) is 67.0 Å². The Morgan fingerprint density at radius 1 is 1.00 bits per heavy atom. The van der Waals surface area contributed by atoms with Crippen LogP contribution in [-0.4, -0.2) is 50.3 Å². The Kier molecular flexibility index (Phi) is 4.50. The Bertz CT molecular complexity index is 1290. The largest absolute Gasteiger partial charge is 0.368 e. The number of nitrogens with zero attached hydrogens (tertiary/aromatic N) is 5. The van der Waals surface area contributed by atoms with E-state index in [4.69, 9.17) is 9.84 Å². The van der Waals surface area contributed by atoms with E-state index in [2.05, 4.69) is 28.3 Å². The molecule has 1 fully saturated rings. The number of rotatable bonds is 2. The third kappa shape index (κ3) is 3.17. The highest BCUT2D eigenvalue weighted by molar-refractivity contribution is 5.94. The van der Waals surface area contributed by atoms with Gasteiger partial charge in [-0.1, -0.05) is 18.2 Å². The van der Waals surface area contributed by atoms with Gasteiger partial charge in [-0.15, -0.1) is 0 Å². The molecule has 160 valence electrons. The first-order valence-electron chi connectivity index (χ1n) is 11.0. The quantitative estimate of drug-likeness (QED) is 0.491. The summed E-state index contributed by atoms with van der Waals surface area (Å²) in [6.45, 7) is 1.90. The zero-order chi connectivity index (χ0) is 21.5. The second kappa shape index (κ2) is 7.53. The molecule has 6 rings (SSSR count). The Morgan fingerprint density at radius 2 is 1.84 bits per heavy atom. The summed E-state index contributed by atoms with van der Waals surface area (Å²) in [7, 11) is 0. The predicted octanol–water partition coefficient (Wildman–Crippen LogP) is 3.52. The molecular formula is C25H23N5O2. The number of pyridine rings is 2. The van der Waals surface area contributed by atoms with Gasteiger partial charge in [-0.25, -0.2) is 14.6 Å². The van der Waals surface area contributed by atoms with E-state index in [0.29, 0.717) is 31.0 Å². The van der Waals surface area contributed by atoms with Gasteiger partial charge in [0.05, 0.1) is 18.0 Å². The van der Waals surface area contributed by atoms with Gasteiger partial charge in [-0.05, 0) is 61.2 Å². The molecule has 0 unspecified atom stereocenters. The van der Waals surface area contributed by atoms with Crippen molar-refractivity contribution in [3.05, 3.63) is 83.9 Å². The van der Waals surface area contributed by atoms with Crippen LogP contribution in [0.4, 0.5) is 0 Å². The fourth-order valence-corrected chi connectivity index (χ4v) is 4.80. The summed E-state index contributed by atoms with van der Waals surface area (Å²) >= 11 is 0. The molecule has 2 aliphatic rings. The standard InChI is InChI=1S/C25H23N5O2/c31-24(21-9-8-18-5-4-13-26-23(18)27-21)29-14-11-25(12-15-29)22-19(10-16-32-25)17-30(28-22)20-6-2-1-3-7-20/h1-9,13,17H,10-12,14-16H2. The highest BCUT2D eigenvalue weighted by Gasteiger charge is 2.44. The maximum absolute atomic E-state index is 13.1. The lowest BCUT2D eigenvalue weighted by atomic mass is 9.83. The van der Waals surface area contributed by atoms with Gasteiger partial charge in [0.2, 0.25) is 0 Å². The maximum atomic E-state index is 13.1. The van der Waals surface area contributed by atoms with Gasteiger partial charge in [-0.2, -0.15) is 5.10 Å². The molecule has 0 radical (unpaired) electrons. The van der Waals surface area contributed by atoms with Crippen molar-refractivity contribution >= 4 is 16.9 Å². The number of hydrogen-bond acceptors (Lipinski definition) is 5. The van der Waals surface area contributed by atoms with Crippen LogP contribution >= 0.6 is 0 Å². The minimum Gasteiger partial charge on any atom is -0.368 e. The van der Waals surface area contributed by atoms with Crippen molar-refractivity contribution < 1.29 is 9.53 Å². The minimum absolute atomic E-state index is 0.0572. The van der Waals surface area contributed by atoms with E-state index < -0.39 is 5.60 Å². The van der Waals surface area contributed by atoms with Crippen LogP contribution in [0.25, 0.3) is 16.7 Å². The van der Waals surface area contributed by atoms with Crippen LogP contribution in [-0.2, 0) is 16.8 Å². The fraction of sp³-hybridized carbons (Fsp3) is 0.280. The van der Waals surface area contributed by atoms with Crippen molar-refractivity contribution in [2.45, 2.75) is 24.9 Å². The molecule has 32 heavy (non-hydrogen) atoms. The van der Waals surface area contributed by atoms with Crippen molar-refractivity contribution in [2.24, 2.45) is 0 Å². The Balaban J connectivity index is 1.23. The number of fused-ring (bicyclic) bond motifs is 3. The summed E-state index contributed by atoms with van der Waals surface area (Å²) in [5, 5.41) is 5.86. The second-order valence-electron chi connectivity index (χ2n) is 8.41. The molecule has 7 heteroatoms. The van der Waals surface area contributed by atoms with Crippen molar-refractivity contribution in [1.29, 1.82) is 0 Å². The van der Waals surface area contributed by atoms with E-state index in [1.165, 1.54) is 5.56 Å². The number of aromatic nitrogens is 4. The first kappa shape index (κ1) is 19.1. The van der Waals surface area contributed by atoms with Crippen molar-refractivity contribution in [3.8, 4) is 5.69 Å². The SMILES string of the molecule is O=C(c1ccc2cccnc2n1)N1CCC2(CC1)OCCc1cn(-c3ccccc3)nc12. The molecule has 0 saturated carbocycles. The fourth-order valence-electron chi connectivity index (χ4n) is 4.80. The van der Waals surface area contributed by atoms with Crippen LogP contribution in [0.1, 0.15) is 34.6 Å². The summed E-state index contributed by atoms with van der Waals surface area (Å²) in [6.07, 6.45) is 6.13. The normalized spacial score (nSPS) is 17.4. The maximum Gasteiger partial charge on any atom is 0.272 e. The highest BCUT2D eigenvalue weighted by atomic mass is 16.5. The number of ether oxygens (including phenoxy) is 1. The monoisotopic (exact) mass is 425 g/mol. The molecule has 1 saturated heterocycles. The van der Waals surface area contributed by atoms with Gasteiger partial charge < -0.3 is 9.64 Å². The zero-order valence-electron chi connectivity index (χ0n) is 17.6. The van der Waals surface area contributed by atoms with Gasteiger partial charge >= 0.3 is 0 Å². The molecule has 0 bridgehead atoms. The number of piperidine rings is 1. The van der Waals surface area contributed by atoms with Crippen LogP contribution in [0, 0.1) is 0 Å². The number of carbonyl (C=O) groups excluding carboxylic acids is 1. The van der Waals surface area contributed by atoms with E-state index in [1.54, 1.807) is 12.3 Å². The van der Waals surface area contributed by atoms with E-state index in [0.717, 1.165) is 36.0 Å². The van der Waals surface area contributed by atoms with Crippen LogP contribution in [0.5, 0.6) is 0 Å². The molecule has 3 aromatic heterocycles. The lowest BCUT2D eigenvalue weighted by Gasteiger charge is -2.42. The number of likely N-dealkylation sites (tertiary alicyclic amines) is 1. The number of amides is 1. The number of carbonyl (C=O) groups is 1. The van der Waals surface area contributed by atoms with Gasteiger partial charge in [0.1, 0.15) is 11.3 Å². The Hall–Kier alpha value is -3.58. The number of hydrogen-bond donors (Lipinski definition) is 0. The minimum atomic E-state index is -0.428. The summed E-state index contributed by atoms with van der Waals surface area (Å²) in [4.78, 5) is 23.7. The van der Waals surface area contributed by atoms with E-state index in [1.807, 2.05) is 46.0 Å². The third-order valence-electron chi connectivity index (χ3n) is 6.53. The average molecular weight is 425 g/mol. The summed E-state index contributed by atoms with van der Waals surface area (Å²) < 4.78 is 8.28. The van der Waals surface area contributed by atoms with E-state index in [9.17, 15) is 4.79 Å². The van der Waals surface area contributed by atoms with Gasteiger partial charge in [-0.3, -0.25) is 4.79 Å². The van der Waals surface area contributed by atoms with Crippen molar-refractivity contribution in [1.82, 2.24) is 24.6 Å². The third-order valence-corrected chi connectivity index (χ3v) is 6.53. The predicted molar refractivity (Wildman–Crippen MR) is 120 cm³/mol. The molecule has 0 N–H and O–H groups in total. The molecule has 1 spiro atoms. The molecular weight excluding hydrogens is 402 g/mol. The lowest BCUT2D eigenvalue weighted by molar-refractivity contribution is -0.0963. The number of benzene rings is 1. The second-order valence-corrected chi connectivity index (χ2v) is 8.41. The molecule has 7 nitrogen and oxygen atoms in total. The molecule has 4 aromatic rings. The van der Waals surface area contributed by atoms with Crippen molar-refractivity contribution in [2.75, 3.05) is 19.7 Å². The topological polar surface area (TPSA) is 73.1 Å². The Labute approximate surface area is 185 Å². The molecule has 1 aromatic carbocycles. The molecule has 5 heterocycles. The van der Waals surface area contributed by atoms with Crippen LogP contribution in [0.2, 0.25) is 0 Å². The summed E-state index contributed by atoms with van der Waals surface area (Å²) in [6, 6.07) is 17.6. The lowest BCUT2D eigenvalue weighted by Crippen LogP contribution is -2.48. The summed E-state index contributed by atoms with van der Waals surface area (Å²) in [5.41, 5.74) is 3.91. The van der Waals surface area contributed by atoms with Gasteiger partial charge in [0.15, 0.2) is 5.65 Å². The highest BCUT2D eigenvalue weighted by Crippen LogP contribution is 2.41. The zero-order valence-corrected chi connectivity index (χ0v) is 17.6. The number of para-hydroxylation sites is 1. The van der Waals surface area contributed by atoms with Crippen molar-refractivity contribution in [3.63, 3.8) is 0 Å². The van der Waals surface area contributed by atoms with Crippen LogP contribution in [0.3, 0.4) is 0 Å². The molecule has 0 aliphatic carbocycles. The first-order chi connectivity index (χ1) is 15.7. The average Bonchev–Trinajstić information content (AvgIpc) is 3.31. The first-order valence-corrected chi connectivity index (χ1v) is 11.0. The summed E-state index contributed by atoms with van der Waals surface area (Å²) in [5.74, 6) is -0.0572. The molecule has 0 atom stereocenters. The molecule has 1 amide bonds. The van der Waals surface area contributed by atoms with Gasteiger partial charge in [0, 0.05) is 30.9 Å². The van der Waals surface area contributed by atoms with E-state index in [-0.39, 0.29) is 5.91 Å².